The number of aromatic nitrogens is 2. The van der Waals surface area contributed by atoms with Gasteiger partial charge in [-0.05, 0) is 30.3 Å². The first kappa shape index (κ1) is 21.1. The molecule has 0 atom stereocenters. The van der Waals surface area contributed by atoms with Crippen LogP contribution < -0.4 is 14.8 Å². The zero-order valence-corrected chi connectivity index (χ0v) is 15.9. The van der Waals surface area contributed by atoms with Crippen molar-refractivity contribution < 1.29 is 27.6 Å². The standard InChI is InChI=1S/C18H12ClF3N4O4/c1-29-13-4-2-3-5-14(13)30-17-15(26(27)28)16(23-9-24-17)25-12-8-10(18(20,21)22)6-7-11(12)19/h2-9H,1H3,(H,23,24,25). The average Bonchev–Trinajstić information content (AvgIpc) is 2.69. The van der Waals surface area contributed by atoms with Crippen LogP contribution in [-0.4, -0.2) is 22.0 Å². The van der Waals surface area contributed by atoms with Crippen molar-refractivity contribution in [3.05, 3.63) is 69.5 Å². The van der Waals surface area contributed by atoms with Gasteiger partial charge < -0.3 is 14.8 Å². The smallest absolute Gasteiger partial charge is 0.416 e. The molecule has 30 heavy (non-hydrogen) atoms. The Morgan fingerprint density at radius 1 is 1.13 bits per heavy atom. The molecule has 2 aromatic carbocycles. The first-order valence-corrected chi connectivity index (χ1v) is 8.52. The fourth-order valence-electron chi connectivity index (χ4n) is 2.43. The number of hydrogen-bond acceptors (Lipinski definition) is 7. The van der Waals surface area contributed by atoms with Crippen molar-refractivity contribution in [2.75, 3.05) is 12.4 Å². The highest BCUT2D eigenvalue weighted by molar-refractivity contribution is 6.33. The van der Waals surface area contributed by atoms with E-state index in [2.05, 4.69) is 15.3 Å². The molecule has 0 aliphatic rings. The number of nitro groups is 1. The lowest BCUT2D eigenvalue weighted by molar-refractivity contribution is -0.385. The summed E-state index contributed by atoms with van der Waals surface area (Å²) in [6.07, 6.45) is -3.67. The number of ether oxygens (including phenoxy) is 2. The molecule has 0 amide bonds. The van der Waals surface area contributed by atoms with Crippen LogP contribution in [0.25, 0.3) is 0 Å². The first-order valence-electron chi connectivity index (χ1n) is 8.14. The van der Waals surface area contributed by atoms with Crippen molar-refractivity contribution in [1.82, 2.24) is 9.97 Å². The van der Waals surface area contributed by atoms with Gasteiger partial charge in [0.15, 0.2) is 11.5 Å². The highest BCUT2D eigenvalue weighted by Crippen LogP contribution is 2.40. The fourth-order valence-corrected chi connectivity index (χ4v) is 2.59. The van der Waals surface area contributed by atoms with Crippen LogP contribution in [0, 0.1) is 10.1 Å². The van der Waals surface area contributed by atoms with Gasteiger partial charge in [0.05, 0.1) is 28.3 Å². The zero-order chi connectivity index (χ0) is 21.9. The van der Waals surface area contributed by atoms with Crippen molar-refractivity contribution in [2.45, 2.75) is 6.18 Å². The Hall–Kier alpha value is -3.60. The molecule has 0 aliphatic heterocycles. The molecule has 0 fully saturated rings. The Kier molecular flexibility index (Phi) is 5.92. The summed E-state index contributed by atoms with van der Waals surface area (Å²) >= 11 is 5.95. The average molecular weight is 441 g/mol. The number of nitrogens with zero attached hydrogens (tertiary/aromatic N) is 3. The summed E-state index contributed by atoms with van der Waals surface area (Å²) in [5.41, 5.74) is -1.91. The van der Waals surface area contributed by atoms with E-state index in [9.17, 15) is 23.3 Å². The summed E-state index contributed by atoms with van der Waals surface area (Å²) in [6.45, 7) is 0. The summed E-state index contributed by atoms with van der Waals surface area (Å²) in [5.74, 6) is -0.406. The van der Waals surface area contributed by atoms with Crippen molar-refractivity contribution >= 4 is 28.8 Å². The topological polar surface area (TPSA) is 99.4 Å². The van der Waals surface area contributed by atoms with Crippen LogP contribution in [0.5, 0.6) is 17.4 Å². The van der Waals surface area contributed by atoms with Crippen molar-refractivity contribution in [3.63, 3.8) is 0 Å². The highest BCUT2D eigenvalue weighted by atomic mass is 35.5. The predicted molar refractivity (Wildman–Crippen MR) is 101 cm³/mol. The van der Waals surface area contributed by atoms with Crippen LogP contribution in [0.15, 0.2) is 48.8 Å². The molecular formula is C18H12ClF3N4O4. The van der Waals surface area contributed by atoms with Crippen molar-refractivity contribution in [1.29, 1.82) is 0 Å². The monoisotopic (exact) mass is 440 g/mol. The van der Waals surface area contributed by atoms with E-state index in [-0.39, 0.29) is 16.5 Å². The van der Waals surface area contributed by atoms with E-state index in [1.807, 2.05) is 0 Å². The van der Waals surface area contributed by atoms with E-state index in [0.717, 1.165) is 24.5 Å². The minimum Gasteiger partial charge on any atom is -0.493 e. The van der Waals surface area contributed by atoms with Gasteiger partial charge in [0, 0.05) is 0 Å². The van der Waals surface area contributed by atoms with Crippen molar-refractivity contribution in [3.8, 4) is 17.4 Å². The maximum Gasteiger partial charge on any atom is 0.416 e. The number of nitrogens with one attached hydrogen (secondary N) is 1. The maximum atomic E-state index is 13.0. The molecule has 156 valence electrons. The summed E-state index contributed by atoms with van der Waals surface area (Å²) in [5, 5.41) is 14.0. The van der Waals surface area contributed by atoms with Crippen LogP contribution in [0.2, 0.25) is 5.02 Å². The molecule has 0 bridgehead atoms. The largest absolute Gasteiger partial charge is 0.493 e. The lowest BCUT2D eigenvalue weighted by Gasteiger charge is -2.13. The molecule has 0 unspecified atom stereocenters. The highest BCUT2D eigenvalue weighted by Gasteiger charge is 2.32. The van der Waals surface area contributed by atoms with Crippen molar-refractivity contribution in [2.24, 2.45) is 0 Å². The third-order valence-electron chi connectivity index (χ3n) is 3.79. The van der Waals surface area contributed by atoms with Gasteiger partial charge in [-0.25, -0.2) is 4.98 Å². The van der Waals surface area contributed by atoms with E-state index < -0.39 is 34.0 Å². The zero-order valence-electron chi connectivity index (χ0n) is 15.1. The number of halogens is 4. The molecule has 1 aromatic heterocycles. The van der Waals surface area contributed by atoms with Gasteiger partial charge in [-0.2, -0.15) is 18.2 Å². The summed E-state index contributed by atoms with van der Waals surface area (Å²) in [4.78, 5) is 18.4. The number of anilines is 2. The Bertz CT molecular complexity index is 1100. The second kappa shape index (κ2) is 8.41. The molecular weight excluding hydrogens is 429 g/mol. The number of benzene rings is 2. The van der Waals surface area contributed by atoms with E-state index in [0.29, 0.717) is 5.75 Å². The summed E-state index contributed by atoms with van der Waals surface area (Å²) in [7, 11) is 1.39. The molecule has 0 spiro atoms. The minimum atomic E-state index is -4.63. The van der Waals surface area contributed by atoms with Gasteiger partial charge in [0.25, 0.3) is 0 Å². The van der Waals surface area contributed by atoms with E-state index >= 15 is 0 Å². The lowest BCUT2D eigenvalue weighted by Crippen LogP contribution is -2.07. The second-order valence-corrected chi connectivity index (χ2v) is 6.11. The van der Waals surface area contributed by atoms with E-state index in [1.165, 1.54) is 13.2 Å². The lowest BCUT2D eigenvalue weighted by atomic mass is 10.2. The predicted octanol–water partition coefficient (Wildman–Crippen LogP) is 5.60. The van der Waals surface area contributed by atoms with Crippen LogP contribution >= 0.6 is 11.6 Å². The Labute approximate surface area is 172 Å². The van der Waals surface area contributed by atoms with Gasteiger partial charge in [0.1, 0.15) is 6.33 Å². The van der Waals surface area contributed by atoms with Gasteiger partial charge in [0.2, 0.25) is 5.82 Å². The van der Waals surface area contributed by atoms with Gasteiger partial charge in [-0.3, -0.25) is 10.1 Å². The summed E-state index contributed by atoms with van der Waals surface area (Å²) < 4.78 is 49.6. The van der Waals surface area contributed by atoms with Gasteiger partial charge >= 0.3 is 17.7 Å². The molecule has 1 N–H and O–H groups in total. The Morgan fingerprint density at radius 2 is 1.83 bits per heavy atom. The molecule has 0 radical (unpaired) electrons. The van der Waals surface area contributed by atoms with Gasteiger partial charge in [-0.1, -0.05) is 23.7 Å². The van der Waals surface area contributed by atoms with E-state index in [1.54, 1.807) is 18.2 Å². The molecule has 8 nitrogen and oxygen atoms in total. The molecule has 3 aromatic rings. The normalized spacial score (nSPS) is 11.1. The number of alkyl halides is 3. The third kappa shape index (κ3) is 4.51. The minimum absolute atomic E-state index is 0.0943. The quantitative estimate of drug-likeness (QED) is 0.393. The summed E-state index contributed by atoms with van der Waals surface area (Å²) in [6, 6.07) is 8.89. The third-order valence-corrected chi connectivity index (χ3v) is 4.12. The number of methoxy groups -OCH3 is 1. The van der Waals surface area contributed by atoms with Crippen LogP contribution in [0.3, 0.4) is 0 Å². The van der Waals surface area contributed by atoms with E-state index in [4.69, 9.17) is 21.1 Å². The molecule has 0 saturated carbocycles. The fraction of sp³-hybridized carbons (Fsp3) is 0.111. The first-order chi connectivity index (χ1) is 14.2. The van der Waals surface area contributed by atoms with Gasteiger partial charge in [-0.15, -0.1) is 0 Å². The molecule has 0 aliphatic carbocycles. The molecule has 1 heterocycles. The molecule has 12 heteroatoms. The number of rotatable bonds is 6. The van der Waals surface area contributed by atoms with Crippen LogP contribution in [-0.2, 0) is 6.18 Å². The maximum absolute atomic E-state index is 13.0. The molecule has 3 rings (SSSR count). The number of hydrogen-bond donors (Lipinski definition) is 1. The van der Waals surface area contributed by atoms with Crippen LogP contribution in [0.4, 0.5) is 30.4 Å². The van der Waals surface area contributed by atoms with Crippen LogP contribution in [0.1, 0.15) is 5.56 Å². The Morgan fingerprint density at radius 3 is 2.47 bits per heavy atom. The number of para-hydroxylation sites is 2. The second-order valence-electron chi connectivity index (χ2n) is 5.70. The Balaban J connectivity index is 2.03. The SMILES string of the molecule is COc1ccccc1Oc1ncnc(Nc2cc(C(F)(F)F)ccc2Cl)c1[N+](=O)[O-]. The molecule has 0 saturated heterocycles.